The first kappa shape index (κ1) is 17.0. The van der Waals surface area contributed by atoms with Gasteiger partial charge in [-0.25, -0.2) is 14.6 Å². The number of carbonyl (C=O) groups excluding carboxylic acids is 1. The van der Waals surface area contributed by atoms with Crippen molar-refractivity contribution in [1.82, 2.24) is 4.98 Å². The molecule has 25 heavy (non-hydrogen) atoms. The lowest BCUT2D eigenvalue weighted by atomic mass is 10.0. The van der Waals surface area contributed by atoms with Crippen LogP contribution in [-0.4, -0.2) is 16.1 Å². The van der Waals surface area contributed by atoms with Crippen LogP contribution in [0.15, 0.2) is 45.7 Å². The van der Waals surface area contributed by atoms with E-state index in [0.29, 0.717) is 22.9 Å². The van der Waals surface area contributed by atoms with Gasteiger partial charge < -0.3 is 14.3 Å². The highest BCUT2D eigenvalue weighted by atomic mass is 35.5. The van der Waals surface area contributed by atoms with Gasteiger partial charge in [-0.05, 0) is 30.2 Å². The number of fused-ring (bicyclic) bond motifs is 1. The summed E-state index contributed by atoms with van der Waals surface area (Å²) in [5, 5.41) is 10.8. The molecule has 2 aromatic heterocycles. The van der Waals surface area contributed by atoms with Gasteiger partial charge in [0.25, 0.3) is 0 Å². The molecule has 0 bridgehead atoms. The minimum Gasteiger partial charge on any atom is -0.508 e. The smallest absolute Gasteiger partial charge is 0.340 e. The molecular weight excluding hydrogens is 346 g/mol. The van der Waals surface area contributed by atoms with Gasteiger partial charge in [0.1, 0.15) is 23.1 Å². The van der Waals surface area contributed by atoms with Crippen molar-refractivity contribution in [3.63, 3.8) is 0 Å². The molecule has 1 N–H and O–H groups in total. The van der Waals surface area contributed by atoms with Gasteiger partial charge >= 0.3 is 11.6 Å². The number of phenols is 1. The van der Waals surface area contributed by atoms with E-state index in [1.165, 1.54) is 30.5 Å². The number of hydrogen-bond donors (Lipinski definition) is 1. The van der Waals surface area contributed by atoms with Crippen LogP contribution in [0.5, 0.6) is 5.75 Å². The maximum Gasteiger partial charge on any atom is 0.340 e. The van der Waals surface area contributed by atoms with Crippen molar-refractivity contribution in [2.45, 2.75) is 20.0 Å². The van der Waals surface area contributed by atoms with Gasteiger partial charge in [-0.2, -0.15) is 0 Å². The molecule has 7 heteroatoms. The predicted molar refractivity (Wildman–Crippen MR) is 91.9 cm³/mol. The number of phenolic OH excluding ortho intramolecular Hbond substituents is 1. The highest BCUT2D eigenvalue weighted by Crippen LogP contribution is 2.27. The Morgan fingerprint density at radius 1 is 1.28 bits per heavy atom. The zero-order valence-corrected chi connectivity index (χ0v) is 14.0. The van der Waals surface area contributed by atoms with Crippen molar-refractivity contribution in [3.05, 3.63) is 68.8 Å². The topological polar surface area (TPSA) is 89.6 Å². The molecule has 0 aliphatic heterocycles. The molecule has 6 nitrogen and oxygen atoms in total. The number of aromatic nitrogens is 1. The van der Waals surface area contributed by atoms with Crippen LogP contribution in [0.4, 0.5) is 0 Å². The molecule has 2 heterocycles. The average Bonchev–Trinajstić information content (AvgIpc) is 2.59. The molecule has 0 fully saturated rings. The van der Waals surface area contributed by atoms with Crippen molar-refractivity contribution in [1.29, 1.82) is 0 Å². The molecule has 0 atom stereocenters. The van der Waals surface area contributed by atoms with Crippen LogP contribution in [0.1, 0.15) is 28.4 Å². The summed E-state index contributed by atoms with van der Waals surface area (Å²) in [5.41, 5.74) is 1.10. The highest BCUT2D eigenvalue weighted by Gasteiger charge is 2.13. The van der Waals surface area contributed by atoms with Crippen molar-refractivity contribution >= 4 is 28.5 Å². The number of nitrogens with zero attached hydrogens (tertiary/aromatic N) is 1. The molecule has 0 saturated carbocycles. The van der Waals surface area contributed by atoms with Crippen LogP contribution in [0.25, 0.3) is 11.0 Å². The number of benzene rings is 1. The van der Waals surface area contributed by atoms with Crippen LogP contribution < -0.4 is 5.63 Å². The van der Waals surface area contributed by atoms with Gasteiger partial charge in [-0.1, -0.05) is 18.5 Å². The van der Waals surface area contributed by atoms with Crippen LogP contribution >= 0.6 is 11.6 Å². The van der Waals surface area contributed by atoms with Crippen molar-refractivity contribution in [2.75, 3.05) is 0 Å². The first-order valence-electron chi connectivity index (χ1n) is 7.55. The summed E-state index contributed by atoms with van der Waals surface area (Å²) >= 11 is 5.68. The molecule has 0 unspecified atom stereocenters. The standard InChI is InChI=1S/C18H14ClNO5/c1-2-10-5-13-12(6-17(22)25-15(13)7-14(10)21)9-24-18(23)11-3-4-16(19)20-8-11/h3-8,21H,2,9H2,1H3. The molecule has 3 aromatic rings. The second-order valence-corrected chi connectivity index (χ2v) is 5.75. The number of pyridine rings is 1. The molecule has 0 saturated heterocycles. The first-order valence-corrected chi connectivity index (χ1v) is 7.93. The third-order valence-electron chi connectivity index (χ3n) is 3.73. The van der Waals surface area contributed by atoms with Crippen molar-refractivity contribution in [3.8, 4) is 5.75 Å². The van der Waals surface area contributed by atoms with Crippen molar-refractivity contribution in [2.24, 2.45) is 0 Å². The molecule has 3 rings (SSSR count). The second-order valence-electron chi connectivity index (χ2n) is 5.37. The maximum atomic E-state index is 12.1. The highest BCUT2D eigenvalue weighted by molar-refractivity contribution is 6.29. The monoisotopic (exact) mass is 359 g/mol. The lowest BCUT2D eigenvalue weighted by Gasteiger charge is -2.09. The quantitative estimate of drug-likeness (QED) is 0.436. The minimum atomic E-state index is -0.588. The van der Waals surface area contributed by atoms with E-state index in [2.05, 4.69) is 4.98 Å². The Kier molecular flexibility index (Phi) is 4.72. The van der Waals surface area contributed by atoms with Gasteiger partial charge in [0, 0.05) is 29.3 Å². The van der Waals surface area contributed by atoms with Gasteiger partial charge in [0.2, 0.25) is 0 Å². The number of esters is 1. The fourth-order valence-electron chi connectivity index (χ4n) is 2.43. The van der Waals surface area contributed by atoms with Crippen LogP contribution in [-0.2, 0) is 17.8 Å². The summed E-state index contributed by atoms with van der Waals surface area (Å²) in [4.78, 5) is 27.6. The molecule has 0 spiro atoms. The Balaban J connectivity index is 1.91. The summed E-state index contributed by atoms with van der Waals surface area (Å²) in [6.07, 6.45) is 1.92. The molecule has 128 valence electrons. The fraction of sp³-hybridized carbons (Fsp3) is 0.167. The minimum absolute atomic E-state index is 0.0551. The van der Waals surface area contributed by atoms with Crippen LogP contribution in [0.2, 0.25) is 5.15 Å². The summed E-state index contributed by atoms with van der Waals surface area (Å²) < 4.78 is 10.4. The maximum absolute atomic E-state index is 12.1. The Morgan fingerprint density at radius 2 is 2.08 bits per heavy atom. The zero-order valence-electron chi connectivity index (χ0n) is 13.3. The zero-order chi connectivity index (χ0) is 18.0. The van der Waals surface area contributed by atoms with Crippen LogP contribution in [0.3, 0.4) is 0 Å². The SMILES string of the molecule is CCc1cc2c(COC(=O)c3ccc(Cl)nc3)cc(=O)oc2cc1O. The number of halogens is 1. The number of aryl methyl sites for hydroxylation is 1. The van der Waals surface area contributed by atoms with E-state index in [4.69, 9.17) is 20.8 Å². The van der Waals surface area contributed by atoms with Gasteiger partial charge in [0.05, 0.1) is 5.56 Å². The summed E-state index contributed by atoms with van der Waals surface area (Å²) in [5.74, 6) is -0.528. The molecule has 0 aliphatic rings. The van der Waals surface area contributed by atoms with E-state index >= 15 is 0 Å². The molecule has 0 aliphatic carbocycles. The summed E-state index contributed by atoms with van der Waals surface area (Å²) in [6.45, 7) is 1.78. The van der Waals surface area contributed by atoms with Gasteiger partial charge in [-0.15, -0.1) is 0 Å². The summed E-state index contributed by atoms with van der Waals surface area (Å²) in [6, 6.07) is 7.38. The molecule has 1 aromatic carbocycles. The lowest BCUT2D eigenvalue weighted by molar-refractivity contribution is 0.0473. The molecule has 0 amide bonds. The Bertz CT molecular complexity index is 995. The van der Waals surface area contributed by atoms with E-state index in [0.717, 1.165) is 0 Å². The first-order chi connectivity index (χ1) is 12.0. The normalized spacial score (nSPS) is 10.8. The number of rotatable bonds is 4. The van der Waals surface area contributed by atoms with E-state index in [9.17, 15) is 14.7 Å². The fourth-order valence-corrected chi connectivity index (χ4v) is 2.54. The van der Waals surface area contributed by atoms with Crippen LogP contribution in [0, 0.1) is 0 Å². The Hall–Kier alpha value is -2.86. The Labute approximate surface area is 147 Å². The number of carbonyl (C=O) groups is 1. The van der Waals surface area contributed by atoms with E-state index in [1.807, 2.05) is 6.92 Å². The van der Waals surface area contributed by atoms with E-state index in [1.54, 1.807) is 6.07 Å². The molecule has 0 radical (unpaired) electrons. The third kappa shape index (κ3) is 3.64. The number of ether oxygens (including phenoxy) is 1. The van der Waals surface area contributed by atoms with Gasteiger partial charge in [0.15, 0.2) is 0 Å². The van der Waals surface area contributed by atoms with Gasteiger partial charge in [-0.3, -0.25) is 0 Å². The second kappa shape index (κ2) is 6.94. The summed E-state index contributed by atoms with van der Waals surface area (Å²) in [7, 11) is 0. The lowest BCUT2D eigenvalue weighted by Crippen LogP contribution is -2.08. The largest absolute Gasteiger partial charge is 0.508 e. The predicted octanol–water partition coefficient (Wildman–Crippen LogP) is 3.47. The van der Waals surface area contributed by atoms with E-state index < -0.39 is 11.6 Å². The Morgan fingerprint density at radius 3 is 2.76 bits per heavy atom. The van der Waals surface area contributed by atoms with E-state index in [-0.39, 0.29) is 28.7 Å². The molecular formula is C18H14ClNO5. The third-order valence-corrected chi connectivity index (χ3v) is 3.96. The van der Waals surface area contributed by atoms with Crippen molar-refractivity contribution < 1.29 is 19.1 Å². The average molecular weight is 360 g/mol. The number of hydrogen-bond acceptors (Lipinski definition) is 6. The number of aromatic hydroxyl groups is 1.